The van der Waals surface area contributed by atoms with Gasteiger partial charge in [0.1, 0.15) is 0 Å². The zero-order valence-electron chi connectivity index (χ0n) is 12.4. The van der Waals surface area contributed by atoms with Crippen molar-refractivity contribution >= 4 is 11.7 Å². The molecule has 120 valence electrons. The maximum Gasteiger partial charge on any atom is 0.471 e. The number of carbonyl (C=O) groups excluding carboxylic acids is 2. The molecular formula is C16H18F3NO2. The van der Waals surface area contributed by atoms with Crippen LogP contribution in [0.3, 0.4) is 0 Å². The summed E-state index contributed by atoms with van der Waals surface area (Å²) in [6.07, 6.45) is -2.91. The van der Waals surface area contributed by atoms with E-state index in [1.807, 2.05) is 6.92 Å². The van der Waals surface area contributed by atoms with Crippen LogP contribution < -0.4 is 0 Å². The van der Waals surface area contributed by atoms with E-state index in [1.165, 1.54) is 0 Å². The molecule has 0 atom stereocenters. The summed E-state index contributed by atoms with van der Waals surface area (Å²) in [5, 5.41) is 0. The molecule has 2 rings (SSSR count). The molecule has 0 fully saturated rings. The van der Waals surface area contributed by atoms with Crippen molar-refractivity contribution in [3.05, 3.63) is 34.9 Å². The number of hydrogen-bond donors (Lipinski definition) is 0. The Morgan fingerprint density at radius 3 is 2.36 bits per heavy atom. The molecule has 22 heavy (non-hydrogen) atoms. The number of nitrogens with zero attached hydrogens (tertiary/aromatic N) is 1. The number of fused-ring (bicyclic) bond motifs is 1. The minimum atomic E-state index is -4.83. The molecule has 0 N–H and O–H groups in total. The zero-order chi connectivity index (χ0) is 16.3. The van der Waals surface area contributed by atoms with Gasteiger partial charge in [-0.3, -0.25) is 9.59 Å². The second-order valence-corrected chi connectivity index (χ2v) is 5.45. The van der Waals surface area contributed by atoms with Gasteiger partial charge in [0.25, 0.3) is 0 Å². The van der Waals surface area contributed by atoms with Crippen LogP contribution in [0.2, 0.25) is 0 Å². The predicted octanol–water partition coefficient (Wildman–Crippen LogP) is 3.16. The van der Waals surface area contributed by atoms with E-state index in [4.69, 9.17) is 0 Å². The molecule has 1 aliphatic heterocycles. The molecule has 0 radical (unpaired) electrons. The highest BCUT2D eigenvalue weighted by molar-refractivity contribution is 5.96. The monoisotopic (exact) mass is 313 g/mol. The van der Waals surface area contributed by atoms with Crippen LogP contribution in [0.5, 0.6) is 0 Å². The van der Waals surface area contributed by atoms with E-state index >= 15 is 0 Å². The number of hydrogen-bond acceptors (Lipinski definition) is 2. The third-order valence-electron chi connectivity index (χ3n) is 3.84. The Hall–Kier alpha value is -1.85. The second-order valence-electron chi connectivity index (χ2n) is 5.45. The van der Waals surface area contributed by atoms with Gasteiger partial charge in [-0.2, -0.15) is 13.2 Å². The first-order chi connectivity index (χ1) is 10.3. The normalized spacial score (nSPS) is 15.2. The van der Waals surface area contributed by atoms with Crippen molar-refractivity contribution in [2.75, 3.05) is 13.1 Å². The fraction of sp³-hybridized carbons (Fsp3) is 0.500. The highest BCUT2D eigenvalue weighted by atomic mass is 19.4. The van der Waals surface area contributed by atoms with E-state index < -0.39 is 12.1 Å². The van der Waals surface area contributed by atoms with Gasteiger partial charge < -0.3 is 4.90 Å². The number of rotatable bonds is 3. The molecule has 1 aliphatic rings. The van der Waals surface area contributed by atoms with Gasteiger partial charge in [-0.1, -0.05) is 19.1 Å². The van der Waals surface area contributed by atoms with Gasteiger partial charge in [0.05, 0.1) is 0 Å². The topological polar surface area (TPSA) is 37.4 Å². The summed E-state index contributed by atoms with van der Waals surface area (Å²) in [6, 6.07) is 5.27. The highest BCUT2D eigenvalue weighted by Gasteiger charge is 2.42. The maximum atomic E-state index is 12.5. The highest BCUT2D eigenvalue weighted by Crippen LogP contribution is 2.23. The zero-order valence-corrected chi connectivity index (χ0v) is 12.4. The average Bonchev–Trinajstić information content (AvgIpc) is 2.67. The standard InChI is InChI=1S/C16H18F3NO2/c1-2-3-14(21)13-5-4-11-6-8-20(9-7-12(11)10-13)15(22)16(17,18)19/h4-5,10H,2-3,6-9H2,1H3. The Labute approximate surface area is 127 Å². The Morgan fingerprint density at radius 2 is 1.77 bits per heavy atom. The van der Waals surface area contributed by atoms with Crippen LogP contribution in [-0.2, 0) is 17.6 Å². The van der Waals surface area contributed by atoms with E-state index in [0.717, 1.165) is 22.4 Å². The summed E-state index contributed by atoms with van der Waals surface area (Å²) in [4.78, 5) is 24.1. The van der Waals surface area contributed by atoms with E-state index in [0.29, 0.717) is 24.8 Å². The average molecular weight is 313 g/mol. The van der Waals surface area contributed by atoms with Crippen molar-refractivity contribution in [3.8, 4) is 0 Å². The fourth-order valence-corrected chi connectivity index (χ4v) is 2.65. The van der Waals surface area contributed by atoms with Gasteiger partial charge in [0, 0.05) is 25.1 Å². The largest absolute Gasteiger partial charge is 0.471 e. The van der Waals surface area contributed by atoms with Crippen LogP contribution in [0.15, 0.2) is 18.2 Å². The Morgan fingerprint density at radius 1 is 1.14 bits per heavy atom. The maximum absolute atomic E-state index is 12.5. The number of ketones is 1. The first-order valence-corrected chi connectivity index (χ1v) is 7.34. The summed E-state index contributed by atoms with van der Waals surface area (Å²) >= 11 is 0. The van der Waals surface area contributed by atoms with Crippen LogP contribution in [0.25, 0.3) is 0 Å². The van der Waals surface area contributed by atoms with Crippen LogP contribution >= 0.6 is 0 Å². The summed E-state index contributed by atoms with van der Waals surface area (Å²) in [7, 11) is 0. The van der Waals surface area contributed by atoms with Gasteiger partial charge in [-0.05, 0) is 36.5 Å². The smallest absolute Gasteiger partial charge is 0.334 e. The molecule has 0 saturated heterocycles. The van der Waals surface area contributed by atoms with E-state index in [-0.39, 0.29) is 18.9 Å². The Balaban J connectivity index is 2.15. The van der Waals surface area contributed by atoms with E-state index in [2.05, 4.69) is 0 Å². The molecule has 1 aromatic carbocycles. The van der Waals surface area contributed by atoms with Gasteiger partial charge in [0.15, 0.2) is 5.78 Å². The molecule has 6 heteroatoms. The molecular weight excluding hydrogens is 295 g/mol. The second kappa shape index (κ2) is 6.50. The summed E-state index contributed by atoms with van der Waals surface area (Å²) in [5.41, 5.74) is 2.36. The first-order valence-electron chi connectivity index (χ1n) is 7.34. The SMILES string of the molecule is CCCC(=O)c1ccc2c(c1)CCN(C(=O)C(F)(F)F)CC2. The van der Waals surface area contributed by atoms with Gasteiger partial charge in [-0.15, -0.1) is 0 Å². The van der Waals surface area contributed by atoms with Crippen LogP contribution in [0.4, 0.5) is 13.2 Å². The van der Waals surface area contributed by atoms with Crippen molar-refractivity contribution in [1.29, 1.82) is 0 Å². The molecule has 0 aliphatic carbocycles. The molecule has 0 aromatic heterocycles. The minimum Gasteiger partial charge on any atom is -0.334 e. The number of carbonyl (C=O) groups is 2. The van der Waals surface area contributed by atoms with Crippen molar-refractivity contribution in [2.45, 2.75) is 38.8 Å². The molecule has 1 amide bonds. The number of Topliss-reactive ketones (excluding diaryl/α,β-unsaturated/α-hetero) is 1. The quantitative estimate of drug-likeness (QED) is 0.804. The van der Waals surface area contributed by atoms with Crippen molar-refractivity contribution in [1.82, 2.24) is 4.90 Å². The van der Waals surface area contributed by atoms with Crippen LogP contribution in [0.1, 0.15) is 41.3 Å². The van der Waals surface area contributed by atoms with Gasteiger partial charge in [-0.25, -0.2) is 0 Å². The number of amides is 1. The molecule has 0 bridgehead atoms. The first kappa shape index (κ1) is 16.5. The molecule has 0 saturated carbocycles. The number of benzene rings is 1. The minimum absolute atomic E-state index is 0.0246. The third kappa shape index (κ3) is 3.67. The summed E-state index contributed by atoms with van der Waals surface area (Å²) in [6.45, 7) is 1.99. The predicted molar refractivity (Wildman–Crippen MR) is 75.7 cm³/mol. The van der Waals surface area contributed by atoms with E-state index in [9.17, 15) is 22.8 Å². The lowest BCUT2D eigenvalue weighted by Gasteiger charge is -2.21. The van der Waals surface area contributed by atoms with Gasteiger partial charge in [0.2, 0.25) is 0 Å². The summed E-state index contributed by atoms with van der Waals surface area (Å²) < 4.78 is 37.5. The Bertz CT molecular complexity index is 581. The summed E-state index contributed by atoms with van der Waals surface area (Å²) in [5.74, 6) is -1.75. The van der Waals surface area contributed by atoms with Crippen molar-refractivity contribution in [3.63, 3.8) is 0 Å². The van der Waals surface area contributed by atoms with Crippen LogP contribution in [0, 0.1) is 0 Å². The number of alkyl halides is 3. The van der Waals surface area contributed by atoms with E-state index in [1.54, 1.807) is 18.2 Å². The lowest BCUT2D eigenvalue weighted by atomic mass is 9.97. The number of halogens is 3. The molecule has 0 spiro atoms. The lowest BCUT2D eigenvalue weighted by Crippen LogP contribution is -2.42. The third-order valence-corrected chi connectivity index (χ3v) is 3.84. The van der Waals surface area contributed by atoms with Crippen molar-refractivity contribution in [2.24, 2.45) is 0 Å². The molecule has 0 unspecified atom stereocenters. The molecule has 3 nitrogen and oxygen atoms in total. The molecule has 1 heterocycles. The molecule has 1 aromatic rings. The van der Waals surface area contributed by atoms with Crippen LogP contribution in [-0.4, -0.2) is 35.9 Å². The fourth-order valence-electron chi connectivity index (χ4n) is 2.65. The van der Waals surface area contributed by atoms with Gasteiger partial charge >= 0.3 is 12.1 Å². The van der Waals surface area contributed by atoms with Crippen molar-refractivity contribution < 1.29 is 22.8 Å². The lowest BCUT2D eigenvalue weighted by molar-refractivity contribution is -0.185. The Kier molecular flexibility index (Phi) is 4.88.